The van der Waals surface area contributed by atoms with Crippen LogP contribution in [0.4, 0.5) is 0 Å². The van der Waals surface area contributed by atoms with E-state index in [1.165, 1.54) is 0 Å². The van der Waals surface area contributed by atoms with Gasteiger partial charge in [-0.05, 0) is 38.1 Å². The molecule has 0 saturated heterocycles. The van der Waals surface area contributed by atoms with Crippen LogP contribution in [0.1, 0.15) is 13.8 Å². The first kappa shape index (κ1) is 10.9. The lowest BCUT2D eigenvalue weighted by atomic mass is 10.2. The summed E-state index contributed by atoms with van der Waals surface area (Å²) in [4.78, 5) is 0. The molecule has 1 nitrogen and oxygen atoms in total. The zero-order chi connectivity index (χ0) is 9.90. The van der Waals surface area contributed by atoms with E-state index in [9.17, 15) is 0 Å². The Bertz CT molecular complexity index is 269. The Labute approximate surface area is 92.2 Å². The summed E-state index contributed by atoms with van der Waals surface area (Å²) >= 11 is 9.10. The van der Waals surface area contributed by atoms with Gasteiger partial charge in [-0.25, -0.2) is 0 Å². The highest BCUT2D eigenvalue weighted by molar-refractivity contribution is 9.10. The molecule has 0 spiro atoms. The monoisotopic (exact) mass is 262 g/mol. The van der Waals surface area contributed by atoms with Crippen LogP contribution in [0.25, 0.3) is 0 Å². The maximum absolute atomic E-state index is 5.74. The van der Waals surface area contributed by atoms with Gasteiger partial charge in [0, 0.05) is 4.47 Å². The van der Waals surface area contributed by atoms with E-state index >= 15 is 0 Å². The Morgan fingerprint density at radius 1 is 1.31 bits per heavy atom. The van der Waals surface area contributed by atoms with Crippen molar-refractivity contribution in [1.82, 2.24) is 0 Å². The van der Waals surface area contributed by atoms with Crippen LogP contribution in [-0.4, -0.2) is 11.5 Å². The fourth-order valence-corrected chi connectivity index (χ4v) is 1.17. The van der Waals surface area contributed by atoms with Crippen LogP contribution in [0.3, 0.4) is 0 Å². The molecule has 0 heterocycles. The Hall–Kier alpha value is -0.210. The number of hydrogen-bond acceptors (Lipinski definition) is 1. The van der Waals surface area contributed by atoms with Gasteiger partial charge in [-0.2, -0.15) is 0 Å². The van der Waals surface area contributed by atoms with Crippen molar-refractivity contribution in [1.29, 1.82) is 0 Å². The smallest absolute Gasteiger partial charge is 0.120 e. The van der Waals surface area contributed by atoms with E-state index in [1.807, 2.05) is 38.1 Å². The molecule has 72 valence electrons. The molecule has 0 aliphatic carbocycles. The predicted octanol–water partition coefficient (Wildman–Crippen LogP) is 3.85. The molecule has 0 amide bonds. The van der Waals surface area contributed by atoms with Gasteiger partial charge in [-0.1, -0.05) is 15.9 Å². The highest BCUT2D eigenvalue weighted by Gasteiger charge is 2.17. The molecule has 13 heavy (non-hydrogen) atoms. The first-order valence-corrected chi connectivity index (χ1v) is 5.37. The van der Waals surface area contributed by atoms with Crippen molar-refractivity contribution >= 4 is 27.5 Å². The Kier molecular flexibility index (Phi) is 3.63. The van der Waals surface area contributed by atoms with Gasteiger partial charge >= 0.3 is 0 Å². The average molecular weight is 264 g/mol. The van der Waals surface area contributed by atoms with Crippen LogP contribution in [0.5, 0.6) is 5.75 Å². The van der Waals surface area contributed by atoms with E-state index in [0.717, 1.165) is 10.2 Å². The summed E-state index contributed by atoms with van der Waals surface area (Å²) in [7, 11) is 0. The third-order valence-electron chi connectivity index (χ3n) is 1.53. The third kappa shape index (κ3) is 3.57. The minimum absolute atomic E-state index is 0.310. The minimum atomic E-state index is -0.310. The topological polar surface area (TPSA) is 9.23 Å². The molecular weight excluding hydrogens is 251 g/mol. The quantitative estimate of drug-likeness (QED) is 0.753. The van der Waals surface area contributed by atoms with Crippen molar-refractivity contribution in [3.8, 4) is 5.75 Å². The van der Waals surface area contributed by atoms with Crippen LogP contribution in [0.15, 0.2) is 28.7 Å². The standard InChI is InChI=1S/C10H12BrClO/c1-10(2,7-12)13-9-5-3-8(11)4-6-9/h3-6H,7H2,1-2H3. The van der Waals surface area contributed by atoms with E-state index in [-0.39, 0.29) is 5.60 Å². The first-order valence-electron chi connectivity index (χ1n) is 4.04. The lowest BCUT2D eigenvalue weighted by molar-refractivity contribution is 0.134. The molecule has 0 aliphatic heterocycles. The number of alkyl halides is 1. The van der Waals surface area contributed by atoms with Gasteiger partial charge in [0.2, 0.25) is 0 Å². The van der Waals surface area contributed by atoms with Crippen LogP contribution in [0, 0.1) is 0 Å². The van der Waals surface area contributed by atoms with Crippen molar-refractivity contribution in [2.75, 3.05) is 5.88 Å². The van der Waals surface area contributed by atoms with E-state index in [4.69, 9.17) is 16.3 Å². The second kappa shape index (κ2) is 4.34. The number of hydrogen-bond donors (Lipinski definition) is 0. The number of ether oxygens (including phenoxy) is 1. The molecule has 0 atom stereocenters. The number of halogens is 2. The summed E-state index contributed by atoms with van der Waals surface area (Å²) in [5.41, 5.74) is -0.310. The Morgan fingerprint density at radius 2 is 1.85 bits per heavy atom. The molecule has 0 bridgehead atoms. The maximum Gasteiger partial charge on any atom is 0.120 e. The summed E-state index contributed by atoms with van der Waals surface area (Å²) < 4.78 is 6.70. The summed E-state index contributed by atoms with van der Waals surface area (Å²) in [5, 5.41) is 0. The second-order valence-corrected chi connectivity index (χ2v) is 4.63. The molecular formula is C10H12BrClO. The van der Waals surface area contributed by atoms with Crippen LogP contribution >= 0.6 is 27.5 Å². The number of benzene rings is 1. The molecule has 0 aliphatic rings. The summed E-state index contributed by atoms with van der Waals surface area (Å²) in [5.74, 6) is 1.32. The highest BCUT2D eigenvalue weighted by atomic mass is 79.9. The minimum Gasteiger partial charge on any atom is -0.487 e. The zero-order valence-electron chi connectivity index (χ0n) is 7.68. The third-order valence-corrected chi connectivity index (χ3v) is 2.70. The molecule has 0 unspecified atom stereocenters. The van der Waals surface area contributed by atoms with Crippen LogP contribution in [0.2, 0.25) is 0 Å². The molecule has 0 N–H and O–H groups in total. The SMILES string of the molecule is CC(C)(CCl)Oc1ccc(Br)cc1. The molecule has 1 aromatic carbocycles. The molecule has 1 aromatic rings. The van der Waals surface area contributed by atoms with Gasteiger partial charge in [0.15, 0.2) is 0 Å². The Morgan fingerprint density at radius 3 is 2.31 bits per heavy atom. The van der Waals surface area contributed by atoms with Gasteiger partial charge in [-0.15, -0.1) is 11.6 Å². The summed E-state index contributed by atoms with van der Waals surface area (Å²) in [6, 6.07) is 7.72. The van der Waals surface area contributed by atoms with Crippen molar-refractivity contribution in [3.63, 3.8) is 0 Å². The average Bonchev–Trinajstić information content (AvgIpc) is 2.09. The normalized spacial score (nSPS) is 11.4. The van der Waals surface area contributed by atoms with Gasteiger partial charge in [0.05, 0.1) is 5.88 Å². The van der Waals surface area contributed by atoms with Gasteiger partial charge in [-0.3, -0.25) is 0 Å². The fourth-order valence-electron chi connectivity index (χ4n) is 0.849. The molecule has 0 aromatic heterocycles. The maximum atomic E-state index is 5.74. The van der Waals surface area contributed by atoms with Gasteiger partial charge in [0.25, 0.3) is 0 Å². The molecule has 0 radical (unpaired) electrons. The number of rotatable bonds is 3. The van der Waals surface area contributed by atoms with E-state index in [1.54, 1.807) is 0 Å². The lowest BCUT2D eigenvalue weighted by Crippen LogP contribution is -2.29. The zero-order valence-corrected chi connectivity index (χ0v) is 10.0. The van der Waals surface area contributed by atoms with Gasteiger partial charge < -0.3 is 4.74 Å². The summed E-state index contributed by atoms with van der Waals surface area (Å²) in [6.07, 6.45) is 0. The van der Waals surface area contributed by atoms with E-state index in [0.29, 0.717) is 5.88 Å². The molecule has 1 rings (SSSR count). The van der Waals surface area contributed by atoms with Gasteiger partial charge in [0.1, 0.15) is 11.4 Å². The van der Waals surface area contributed by atoms with Crippen molar-refractivity contribution < 1.29 is 4.74 Å². The van der Waals surface area contributed by atoms with E-state index in [2.05, 4.69) is 15.9 Å². The Balaban J connectivity index is 2.69. The molecule has 0 fully saturated rings. The summed E-state index contributed by atoms with van der Waals surface area (Å²) in [6.45, 7) is 3.92. The first-order chi connectivity index (χ1) is 6.03. The lowest BCUT2D eigenvalue weighted by Gasteiger charge is -2.23. The fraction of sp³-hybridized carbons (Fsp3) is 0.400. The van der Waals surface area contributed by atoms with Crippen molar-refractivity contribution in [2.24, 2.45) is 0 Å². The predicted molar refractivity (Wildman–Crippen MR) is 59.6 cm³/mol. The van der Waals surface area contributed by atoms with Crippen molar-refractivity contribution in [3.05, 3.63) is 28.7 Å². The van der Waals surface area contributed by atoms with Crippen molar-refractivity contribution in [2.45, 2.75) is 19.4 Å². The van der Waals surface area contributed by atoms with Crippen LogP contribution in [-0.2, 0) is 0 Å². The molecule has 0 saturated carbocycles. The largest absolute Gasteiger partial charge is 0.487 e. The van der Waals surface area contributed by atoms with E-state index < -0.39 is 0 Å². The highest BCUT2D eigenvalue weighted by Crippen LogP contribution is 2.21. The second-order valence-electron chi connectivity index (χ2n) is 3.45. The molecule has 3 heteroatoms. The van der Waals surface area contributed by atoms with Crippen LogP contribution < -0.4 is 4.74 Å².